The molecule has 0 heterocycles. The van der Waals surface area contributed by atoms with E-state index in [1.165, 1.54) is 0 Å². The van der Waals surface area contributed by atoms with Crippen molar-refractivity contribution in [3.05, 3.63) is 0 Å². The van der Waals surface area contributed by atoms with E-state index in [0.717, 1.165) is 0 Å². The van der Waals surface area contributed by atoms with Crippen LogP contribution in [0.25, 0.3) is 0 Å². The van der Waals surface area contributed by atoms with Gasteiger partial charge in [-0.15, -0.1) is 0 Å². The van der Waals surface area contributed by atoms with Gasteiger partial charge in [0.15, 0.2) is 0 Å². The van der Waals surface area contributed by atoms with Gasteiger partial charge < -0.3 is 15.8 Å². The average molecular weight is 225 g/mol. The second-order valence-electron chi connectivity index (χ2n) is 2.64. The summed E-state index contributed by atoms with van der Waals surface area (Å²) in [7, 11) is -3.41. The van der Waals surface area contributed by atoms with Gasteiger partial charge >= 0.3 is 0 Å². The molecule has 0 bridgehead atoms. The maximum Gasteiger partial charge on any atom is 0.243 e. The van der Waals surface area contributed by atoms with Crippen LogP contribution < -0.4 is 16.2 Å². The molecule has 0 rings (SSSR count). The SMILES string of the molecule is NC(=O)COCCNCCS(N)(=O)=O. The number of sulfonamides is 1. The summed E-state index contributed by atoms with van der Waals surface area (Å²) in [6.45, 7) is 0.881. The first-order chi connectivity index (χ1) is 6.42. The van der Waals surface area contributed by atoms with Crippen molar-refractivity contribution in [2.75, 3.05) is 32.1 Å². The molecule has 5 N–H and O–H groups in total. The molecular weight excluding hydrogens is 210 g/mol. The largest absolute Gasteiger partial charge is 0.370 e. The Balaban J connectivity index is 3.19. The molecule has 0 aliphatic rings. The van der Waals surface area contributed by atoms with Gasteiger partial charge in [0.25, 0.3) is 0 Å². The van der Waals surface area contributed by atoms with Gasteiger partial charge in [-0.2, -0.15) is 0 Å². The molecule has 0 aromatic heterocycles. The van der Waals surface area contributed by atoms with Crippen molar-refractivity contribution in [3.63, 3.8) is 0 Å². The third-order valence-electron chi connectivity index (χ3n) is 1.23. The first kappa shape index (κ1) is 13.3. The number of amides is 1. The Hall–Kier alpha value is -0.700. The van der Waals surface area contributed by atoms with Gasteiger partial charge in [-0.25, -0.2) is 13.6 Å². The minimum absolute atomic E-state index is 0.122. The number of nitrogens with one attached hydrogen (secondary N) is 1. The van der Waals surface area contributed by atoms with Crippen molar-refractivity contribution in [1.29, 1.82) is 0 Å². The summed E-state index contributed by atoms with van der Waals surface area (Å²) in [4.78, 5) is 10.2. The van der Waals surface area contributed by atoms with Crippen molar-refractivity contribution in [2.24, 2.45) is 10.9 Å². The summed E-state index contributed by atoms with van der Waals surface area (Å²) in [5.41, 5.74) is 4.81. The molecule has 0 aromatic rings. The van der Waals surface area contributed by atoms with Crippen molar-refractivity contribution >= 4 is 15.9 Å². The van der Waals surface area contributed by atoms with Crippen LogP contribution in [0.2, 0.25) is 0 Å². The Bertz CT molecular complexity index is 264. The van der Waals surface area contributed by atoms with Crippen LogP contribution in [-0.4, -0.2) is 46.4 Å². The maximum atomic E-state index is 10.5. The Morgan fingerprint density at radius 1 is 1.36 bits per heavy atom. The zero-order valence-corrected chi connectivity index (χ0v) is 8.55. The van der Waals surface area contributed by atoms with Gasteiger partial charge in [0.2, 0.25) is 15.9 Å². The molecule has 0 unspecified atom stereocenters. The predicted molar refractivity (Wildman–Crippen MR) is 50.9 cm³/mol. The Morgan fingerprint density at radius 2 is 2.00 bits per heavy atom. The van der Waals surface area contributed by atoms with Crippen LogP contribution >= 0.6 is 0 Å². The van der Waals surface area contributed by atoms with Crippen molar-refractivity contribution in [3.8, 4) is 0 Å². The van der Waals surface area contributed by atoms with Gasteiger partial charge in [0.05, 0.1) is 12.4 Å². The Labute approximate surface area is 82.8 Å². The van der Waals surface area contributed by atoms with Gasteiger partial charge in [0.1, 0.15) is 6.61 Å². The highest BCUT2D eigenvalue weighted by Crippen LogP contribution is 1.75. The smallest absolute Gasteiger partial charge is 0.243 e. The highest BCUT2D eigenvalue weighted by Gasteiger charge is 2.00. The lowest BCUT2D eigenvalue weighted by molar-refractivity contribution is -0.122. The summed E-state index contributed by atoms with van der Waals surface area (Å²) in [5, 5.41) is 7.54. The summed E-state index contributed by atoms with van der Waals surface area (Å²) in [6.07, 6.45) is 0. The molecule has 0 saturated carbocycles. The average Bonchev–Trinajstić information content (AvgIpc) is 2.00. The lowest BCUT2D eigenvalue weighted by Gasteiger charge is -2.03. The van der Waals surface area contributed by atoms with Crippen LogP contribution in [0.1, 0.15) is 0 Å². The molecule has 0 aromatic carbocycles. The molecule has 1 amide bonds. The Morgan fingerprint density at radius 3 is 2.50 bits per heavy atom. The van der Waals surface area contributed by atoms with Crippen LogP contribution in [0.15, 0.2) is 0 Å². The van der Waals surface area contributed by atoms with Gasteiger partial charge in [0, 0.05) is 13.1 Å². The topological polar surface area (TPSA) is 125 Å². The molecule has 0 spiro atoms. The quantitative estimate of drug-likeness (QED) is 0.390. The summed E-state index contributed by atoms with van der Waals surface area (Å²) >= 11 is 0. The molecule has 0 radical (unpaired) electrons. The van der Waals surface area contributed by atoms with Crippen LogP contribution in [0.3, 0.4) is 0 Å². The molecule has 14 heavy (non-hydrogen) atoms. The molecule has 0 saturated heterocycles. The lowest BCUT2D eigenvalue weighted by atomic mass is 10.6. The van der Waals surface area contributed by atoms with E-state index in [4.69, 9.17) is 15.6 Å². The third-order valence-corrected chi connectivity index (χ3v) is 2.00. The van der Waals surface area contributed by atoms with Crippen LogP contribution in [0, 0.1) is 0 Å². The highest BCUT2D eigenvalue weighted by atomic mass is 32.2. The van der Waals surface area contributed by atoms with Crippen molar-refractivity contribution < 1.29 is 17.9 Å². The fraction of sp³-hybridized carbons (Fsp3) is 0.833. The van der Waals surface area contributed by atoms with Crippen molar-refractivity contribution in [2.45, 2.75) is 0 Å². The van der Waals surface area contributed by atoms with E-state index in [0.29, 0.717) is 13.2 Å². The molecule has 84 valence electrons. The van der Waals surface area contributed by atoms with E-state index < -0.39 is 15.9 Å². The fourth-order valence-electron chi connectivity index (χ4n) is 0.657. The zero-order chi connectivity index (χ0) is 11.0. The van der Waals surface area contributed by atoms with E-state index in [9.17, 15) is 13.2 Å². The van der Waals surface area contributed by atoms with Gasteiger partial charge in [-0.05, 0) is 0 Å². The highest BCUT2D eigenvalue weighted by molar-refractivity contribution is 7.89. The summed E-state index contributed by atoms with van der Waals surface area (Å²) in [5.74, 6) is -0.655. The number of hydrogen-bond acceptors (Lipinski definition) is 5. The van der Waals surface area contributed by atoms with Gasteiger partial charge in [-0.3, -0.25) is 4.79 Å². The Kier molecular flexibility index (Phi) is 6.37. The molecule has 0 aliphatic heterocycles. The van der Waals surface area contributed by atoms with Crippen LogP contribution in [0.4, 0.5) is 0 Å². The molecule has 0 fully saturated rings. The van der Waals surface area contributed by atoms with E-state index >= 15 is 0 Å². The molecule has 0 aliphatic carbocycles. The number of rotatable bonds is 8. The number of carbonyl (C=O) groups is 1. The summed E-state index contributed by atoms with van der Waals surface area (Å²) in [6, 6.07) is 0. The van der Waals surface area contributed by atoms with E-state index in [1.807, 2.05) is 0 Å². The number of primary amides is 1. The van der Waals surface area contributed by atoms with Crippen LogP contribution in [0.5, 0.6) is 0 Å². The van der Waals surface area contributed by atoms with E-state index in [-0.39, 0.29) is 18.9 Å². The second-order valence-corrected chi connectivity index (χ2v) is 4.37. The number of primary sulfonamides is 1. The second kappa shape index (κ2) is 6.71. The van der Waals surface area contributed by atoms with Gasteiger partial charge in [-0.1, -0.05) is 0 Å². The summed E-state index contributed by atoms with van der Waals surface area (Å²) < 4.78 is 25.7. The number of nitrogens with two attached hydrogens (primary N) is 2. The molecule has 8 heteroatoms. The monoisotopic (exact) mass is 225 g/mol. The minimum atomic E-state index is -3.41. The minimum Gasteiger partial charge on any atom is -0.370 e. The first-order valence-corrected chi connectivity index (χ1v) is 5.70. The zero-order valence-electron chi connectivity index (χ0n) is 7.73. The third kappa shape index (κ3) is 11.3. The fourth-order valence-corrected chi connectivity index (χ4v) is 1.09. The maximum absolute atomic E-state index is 10.5. The standard InChI is InChI=1S/C6H15N3O4S/c7-6(10)5-13-3-1-9-2-4-14(8,11)12/h9H,1-5H2,(H2,7,10)(H2,8,11,12). The van der Waals surface area contributed by atoms with Crippen LogP contribution in [-0.2, 0) is 19.6 Å². The van der Waals surface area contributed by atoms with E-state index in [2.05, 4.69) is 5.32 Å². The molecule has 7 nitrogen and oxygen atoms in total. The lowest BCUT2D eigenvalue weighted by Crippen LogP contribution is -2.30. The molecular formula is C6H15N3O4S. The number of hydrogen-bond donors (Lipinski definition) is 3. The predicted octanol–water partition coefficient (Wildman–Crippen LogP) is -2.63. The first-order valence-electron chi connectivity index (χ1n) is 3.99. The normalized spacial score (nSPS) is 11.5. The van der Waals surface area contributed by atoms with E-state index in [1.54, 1.807) is 0 Å². The molecule has 0 atom stereocenters. The number of ether oxygens (including phenoxy) is 1. The number of carbonyl (C=O) groups excluding carboxylic acids is 1. The van der Waals surface area contributed by atoms with Crippen molar-refractivity contribution in [1.82, 2.24) is 5.32 Å².